The summed E-state index contributed by atoms with van der Waals surface area (Å²) in [7, 11) is 0. The van der Waals surface area contributed by atoms with E-state index >= 15 is 0 Å². The van der Waals surface area contributed by atoms with Gasteiger partial charge in [-0.15, -0.1) is 0 Å². The van der Waals surface area contributed by atoms with Gasteiger partial charge in [0.1, 0.15) is 0 Å². The number of carboxylic acid groups (broad SMARTS) is 1. The molecule has 4 nitrogen and oxygen atoms in total. The first-order chi connectivity index (χ1) is 6.21. The summed E-state index contributed by atoms with van der Waals surface area (Å²) in [6.45, 7) is 3.92. The van der Waals surface area contributed by atoms with Crippen LogP contribution in [0.2, 0.25) is 0 Å². The molecule has 1 saturated heterocycles. The Kier molecular flexibility index (Phi) is 3.69. The monoisotopic (exact) mass is 187 g/mol. The van der Waals surface area contributed by atoms with Crippen LogP contribution < -0.4 is 5.32 Å². The second-order valence-electron chi connectivity index (χ2n) is 3.34. The number of aliphatic carboxylic acids is 1. The number of carbonyl (C=O) groups is 1. The topological polar surface area (TPSA) is 58.6 Å². The predicted molar refractivity (Wildman–Crippen MR) is 48.7 cm³/mol. The Bertz CT molecular complexity index is 174. The summed E-state index contributed by atoms with van der Waals surface area (Å²) in [5.41, 5.74) is -0.932. The highest BCUT2D eigenvalue weighted by Crippen LogP contribution is 2.24. The van der Waals surface area contributed by atoms with E-state index in [1.54, 1.807) is 0 Å². The molecule has 1 atom stereocenters. The van der Waals surface area contributed by atoms with Gasteiger partial charge in [-0.25, -0.2) is 4.79 Å². The van der Waals surface area contributed by atoms with Crippen molar-refractivity contribution < 1.29 is 14.6 Å². The molecule has 2 N–H and O–H groups in total. The van der Waals surface area contributed by atoms with E-state index in [2.05, 4.69) is 5.32 Å². The minimum Gasteiger partial charge on any atom is -0.479 e. The molecule has 1 aliphatic rings. The highest BCUT2D eigenvalue weighted by molar-refractivity contribution is 5.77. The molecule has 0 amide bonds. The third kappa shape index (κ3) is 2.42. The van der Waals surface area contributed by atoms with E-state index in [0.717, 1.165) is 19.5 Å². The summed E-state index contributed by atoms with van der Waals surface area (Å²) < 4.78 is 5.37. The Labute approximate surface area is 78.3 Å². The van der Waals surface area contributed by atoms with Crippen molar-refractivity contribution >= 4 is 5.97 Å². The molecule has 4 heteroatoms. The lowest BCUT2D eigenvalue weighted by Crippen LogP contribution is -2.42. The molecule has 1 unspecified atom stereocenters. The minimum absolute atomic E-state index is 0.465. The number of carboxylic acids is 1. The van der Waals surface area contributed by atoms with Gasteiger partial charge in [0, 0.05) is 6.61 Å². The molecule has 13 heavy (non-hydrogen) atoms. The Morgan fingerprint density at radius 2 is 2.31 bits per heavy atom. The zero-order valence-corrected chi connectivity index (χ0v) is 8.01. The fraction of sp³-hybridized carbons (Fsp3) is 0.889. The van der Waals surface area contributed by atoms with Gasteiger partial charge in [-0.3, -0.25) is 0 Å². The molecule has 1 heterocycles. The molecule has 1 fully saturated rings. The first kappa shape index (κ1) is 10.5. The average Bonchev–Trinajstić information content (AvgIpc) is 2.31. The number of hydrogen-bond donors (Lipinski definition) is 2. The van der Waals surface area contributed by atoms with Gasteiger partial charge >= 0.3 is 5.97 Å². The molecule has 0 bridgehead atoms. The number of ether oxygens (including phenoxy) is 1. The third-order valence-electron chi connectivity index (χ3n) is 2.45. The van der Waals surface area contributed by atoms with Crippen molar-refractivity contribution in [2.24, 2.45) is 0 Å². The molecule has 0 radical (unpaired) electrons. The maximum absolute atomic E-state index is 11.1. The predicted octanol–water partition coefficient (Wildman–Crippen LogP) is 0.620. The van der Waals surface area contributed by atoms with Crippen LogP contribution in [-0.4, -0.2) is 36.4 Å². The molecule has 76 valence electrons. The Hall–Kier alpha value is -0.610. The van der Waals surface area contributed by atoms with E-state index in [0.29, 0.717) is 19.4 Å². The van der Waals surface area contributed by atoms with Crippen LogP contribution in [-0.2, 0) is 9.53 Å². The molecular weight excluding hydrogens is 170 g/mol. The molecule has 0 aromatic carbocycles. The zero-order valence-electron chi connectivity index (χ0n) is 8.01. The molecule has 0 aliphatic carbocycles. The van der Waals surface area contributed by atoms with Crippen LogP contribution >= 0.6 is 0 Å². The Morgan fingerprint density at radius 1 is 1.54 bits per heavy atom. The van der Waals surface area contributed by atoms with Crippen molar-refractivity contribution in [1.29, 1.82) is 0 Å². The van der Waals surface area contributed by atoms with Crippen LogP contribution in [0.4, 0.5) is 0 Å². The van der Waals surface area contributed by atoms with Gasteiger partial charge in [0.25, 0.3) is 0 Å². The van der Waals surface area contributed by atoms with Crippen molar-refractivity contribution in [3.63, 3.8) is 0 Å². The lowest BCUT2D eigenvalue weighted by atomic mass is 9.95. The first-order valence-electron chi connectivity index (χ1n) is 4.79. The maximum atomic E-state index is 11.1. The van der Waals surface area contributed by atoms with E-state index in [-0.39, 0.29) is 0 Å². The van der Waals surface area contributed by atoms with Crippen LogP contribution in [0, 0.1) is 0 Å². The quantitative estimate of drug-likeness (QED) is 0.680. The van der Waals surface area contributed by atoms with Gasteiger partial charge < -0.3 is 15.2 Å². The summed E-state index contributed by atoms with van der Waals surface area (Å²) >= 11 is 0. The third-order valence-corrected chi connectivity index (χ3v) is 2.45. The maximum Gasteiger partial charge on any atom is 0.336 e. The van der Waals surface area contributed by atoms with Crippen molar-refractivity contribution in [1.82, 2.24) is 5.32 Å². The lowest BCUT2D eigenvalue weighted by molar-refractivity contribution is -0.167. The van der Waals surface area contributed by atoms with Gasteiger partial charge in [-0.05, 0) is 39.3 Å². The molecular formula is C9H17NO3. The van der Waals surface area contributed by atoms with E-state index < -0.39 is 11.6 Å². The summed E-state index contributed by atoms with van der Waals surface area (Å²) in [5, 5.41) is 12.3. The second-order valence-corrected chi connectivity index (χ2v) is 3.34. The fourth-order valence-corrected chi connectivity index (χ4v) is 1.74. The van der Waals surface area contributed by atoms with Crippen LogP contribution in [0.1, 0.15) is 26.2 Å². The van der Waals surface area contributed by atoms with Gasteiger partial charge in [0.05, 0.1) is 0 Å². The summed E-state index contributed by atoms with van der Waals surface area (Å²) in [6.07, 6.45) is 2.05. The summed E-state index contributed by atoms with van der Waals surface area (Å²) in [6, 6.07) is 0. The molecule has 0 aromatic heterocycles. The number of rotatable bonds is 3. The van der Waals surface area contributed by atoms with Crippen molar-refractivity contribution in [2.45, 2.75) is 31.8 Å². The average molecular weight is 187 g/mol. The van der Waals surface area contributed by atoms with Crippen LogP contribution in [0.5, 0.6) is 0 Å². The normalized spacial score (nSPS) is 29.6. The standard InChI is InChI=1S/C9H17NO3/c1-2-13-9(8(11)12)4-3-6-10-7-5-9/h10H,2-7H2,1H3,(H,11,12). The summed E-state index contributed by atoms with van der Waals surface area (Å²) in [5.74, 6) is -0.821. The van der Waals surface area contributed by atoms with Crippen molar-refractivity contribution in [3.05, 3.63) is 0 Å². The number of nitrogens with one attached hydrogen (secondary N) is 1. The van der Waals surface area contributed by atoms with E-state index in [9.17, 15) is 4.79 Å². The Morgan fingerprint density at radius 3 is 2.92 bits per heavy atom. The molecule has 0 aromatic rings. The fourth-order valence-electron chi connectivity index (χ4n) is 1.74. The SMILES string of the molecule is CCOC1(C(=O)O)CCCNCC1. The van der Waals surface area contributed by atoms with Crippen LogP contribution in [0.15, 0.2) is 0 Å². The summed E-state index contributed by atoms with van der Waals surface area (Å²) in [4.78, 5) is 11.1. The number of hydrogen-bond acceptors (Lipinski definition) is 3. The highest BCUT2D eigenvalue weighted by atomic mass is 16.5. The van der Waals surface area contributed by atoms with E-state index in [4.69, 9.17) is 9.84 Å². The van der Waals surface area contributed by atoms with Crippen LogP contribution in [0.25, 0.3) is 0 Å². The molecule has 0 saturated carbocycles. The molecule has 0 spiro atoms. The minimum atomic E-state index is -0.932. The van der Waals surface area contributed by atoms with Crippen molar-refractivity contribution in [3.8, 4) is 0 Å². The van der Waals surface area contributed by atoms with E-state index in [1.165, 1.54) is 0 Å². The lowest BCUT2D eigenvalue weighted by Gasteiger charge is -2.27. The van der Waals surface area contributed by atoms with E-state index in [1.807, 2.05) is 6.92 Å². The van der Waals surface area contributed by atoms with Crippen LogP contribution in [0.3, 0.4) is 0 Å². The van der Waals surface area contributed by atoms with Gasteiger partial charge in [-0.1, -0.05) is 0 Å². The highest BCUT2D eigenvalue weighted by Gasteiger charge is 2.39. The van der Waals surface area contributed by atoms with Crippen molar-refractivity contribution in [2.75, 3.05) is 19.7 Å². The largest absolute Gasteiger partial charge is 0.479 e. The second kappa shape index (κ2) is 4.58. The van der Waals surface area contributed by atoms with Gasteiger partial charge in [0.2, 0.25) is 0 Å². The smallest absolute Gasteiger partial charge is 0.336 e. The molecule has 1 rings (SSSR count). The zero-order chi connectivity index (χ0) is 9.73. The van der Waals surface area contributed by atoms with Gasteiger partial charge in [-0.2, -0.15) is 0 Å². The first-order valence-corrected chi connectivity index (χ1v) is 4.79. The Balaban J connectivity index is 2.67. The van der Waals surface area contributed by atoms with Gasteiger partial charge in [0.15, 0.2) is 5.60 Å². The molecule has 1 aliphatic heterocycles.